The zero-order valence-corrected chi connectivity index (χ0v) is 16.5. The Hall–Kier alpha value is -2.88. The van der Waals surface area contributed by atoms with Crippen LogP contribution in [0.25, 0.3) is 0 Å². The van der Waals surface area contributed by atoms with Crippen molar-refractivity contribution in [1.82, 2.24) is 0 Å². The van der Waals surface area contributed by atoms with Crippen molar-refractivity contribution in [3.05, 3.63) is 24.3 Å². The molecule has 1 aliphatic rings. The number of esters is 3. The minimum absolute atomic E-state index is 0.261. The molecular weight excluding hydrogens is 391 g/mol. The highest BCUT2D eigenvalue weighted by Crippen LogP contribution is 2.31. The van der Waals surface area contributed by atoms with Crippen LogP contribution in [0.15, 0.2) is 24.3 Å². The van der Waals surface area contributed by atoms with Gasteiger partial charge in [0.1, 0.15) is 24.2 Å². The number of hydrogen-bond donors (Lipinski definition) is 0. The molecule has 10 heteroatoms. The van der Waals surface area contributed by atoms with E-state index >= 15 is 4.39 Å². The molecule has 0 spiro atoms. The SMILES string of the molecule is COc1ccc(O[C@H]2O[C@H](COC(C)=O)[C@H](OC(C)=O)[C@H](OC(C)=O)[C@H]2F)cc1. The van der Waals surface area contributed by atoms with E-state index in [9.17, 15) is 14.4 Å². The standard InChI is InChI=1S/C19H23FO9/c1-10(21)25-9-15-17(26-11(2)22)18(27-12(3)23)16(20)19(29-15)28-14-7-5-13(24-4)6-8-14/h5-8,15-19H,9H2,1-4H3/t15-,16-,17+,18-,19+/m1/s1. The first-order chi connectivity index (χ1) is 13.7. The molecule has 0 unspecified atom stereocenters. The maximum Gasteiger partial charge on any atom is 0.303 e. The Morgan fingerprint density at radius 3 is 2.00 bits per heavy atom. The fraction of sp³-hybridized carbons (Fsp3) is 0.526. The topological polar surface area (TPSA) is 107 Å². The summed E-state index contributed by atoms with van der Waals surface area (Å²) in [5.41, 5.74) is 0. The van der Waals surface area contributed by atoms with E-state index in [4.69, 9.17) is 28.4 Å². The summed E-state index contributed by atoms with van der Waals surface area (Å²) in [7, 11) is 1.50. The average Bonchev–Trinajstić information content (AvgIpc) is 2.65. The molecule has 29 heavy (non-hydrogen) atoms. The molecule has 160 valence electrons. The highest BCUT2D eigenvalue weighted by atomic mass is 19.1. The van der Waals surface area contributed by atoms with Crippen LogP contribution in [0.1, 0.15) is 20.8 Å². The van der Waals surface area contributed by atoms with Crippen molar-refractivity contribution in [1.29, 1.82) is 0 Å². The third kappa shape index (κ3) is 6.31. The Kier molecular flexibility index (Phi) is 7.77. The van der Waals surface area contributed by atoms with Crippen molar-refractivity contribution in [2.75, 3.05) is 13.7 Å². The van der Waals surface area contributed by atoms with E-state index in [-0.39, 0.29) is 12.4 Å². The van der Waals surface area contributed by atoms with Gasteiger partial charge in [-0.3, -0.25) is 14.4 Å². The summed E-state index contributed by atoms with van der Waals surface area (Å²) in [6, 6.07) is 6.28. The smallest absolute Gasteiger partial charge is 0.303 e. The number of ether oxygens (including phenoxy) is 6. The molecule has 0 radical (unpaired) electrons. The molecule has 0 aromatic heterocycles. The van der Waals surface area contributed by atoms with Crippen molar-refractivity contribution in [2.45, 2.75) is 51.5 Å². The van der Waals surface area contributed by atoms with E-state index in [1.807, 2.05) is 0 Å². The van der Waals surface area contributed by atoms with Crippen LogP contribution < -0.4 is 9.47 Å². The molecule has 9 nitrogen and oxygen atoms in total. The van der Waals surface area contributed by atoms with Crippen LogP contribution in [0.5, 0.6) is 11.5 Å². The lowest BCUT2D eigenvalue weighted by molar-refractivity contribution is -0.271. The largest absolute Gasteiger partial charge is 0.497 e. The van der Waals surface area contributed by atoms with Gasteiger partial charge in [0.25, 0.3) is 0 Å². The first kappa shape index (κ1) is 22.4. The average molecular weight is 414 g/mol. The van der Waals surface area contributed by atoms with Crippen LogP contribution >= 0.6 is 0 Å². The van der Waals surface area contributed by atoms with Gasteiger partial charge in [0.05, 0.1) is 7.11 Å². The summed E-state index contributed by atoms with van der Waals surface area (Å²) in [6.45, 7) is 3.02. The first-order valence-corrected chi connectivity index (χ1v) is 8.79. The predicted molar refractivity (Wildman–Crippen MR) is 94.9 cm³/mol. The van der Waals surface area contributed by atoms with E-state index in [0.29, 0.717) is 5.75 Å². The normalized spacial score (nSPS) is 26.2. The number of hydrogen-bond acceptors (Lipinski definition) is 9. The highest BCUT2D eigenvalue weighted by molar-refractivity contribution is 5.67. The summed E-state index contributed by atoms with van der Waals surface area (Å²) in [5, 5.41) is 0. The highest BCUT2D eigenvalue weighted by Gasteiger charge is 2.52. The Balaban J connectivity index is 2.27. The molecule has 0 aliphatic carbocycles. The molecule has 0 saturated carbocycles. The third-order valence-electron chi connectivity index (χ3n) is 3.94. The van der Waals surface area contributed by atoms with Crippen LogP contribution in [0.3, 0.4) is 0 Å². The fourth-order valence-electron chi connectivity index (χ4n) is 2.75. The van der Waals surface area contributed by atoms with Gasteiger partial charge in [-0.05, 0) is 24.3 Å². The molecule has 2 rings (SSSR count). The number of benzene rings is 1. The van der Waals surface area contributed by atoms with Crippen LogP contribution in [-0.2, 0) is 33.3 Å². The lowest BCUT2D eigenvalue weighted by atomic mass is 9.99. The fourth-order valence-corrected chi connectivity index (χ4v) is 2.75. The van der Waals surface area contributed by atoms with Crippen LogP contribution in [-0.4, -0.2) is 62.4 Å². The Morgan fingerprint density at radius 2 is 1.48 bits per heavy atom. The molecule has 1 aromatic carbocycles. The second kappa shape index (κ2) is 10.1. The first-order valence-electron chi connectivity index (χ1n) is 8.79. The van der Waals surface area contributed by atoms with Crippen molar-refractivity contribution >= 4 is 17.9 Å². The van der Waals surface area contributed by atoms with Gasteiger partial charge in [0, 0.05) is 20.8 Å². The molecule has 5 atom stereocenters. The zero-order valence-electron chi connectivity index (χ0n) is 16.5. The Labute approximate surface area is 167 Å². The second-order valence-electron chi connectivity index (χ2n) is 6.23. The van der Waals surface area contributed by atoms with E-state index < -0.39 is 48.7 Å². The summed E-state index contributed by atoms with van der Waals surface area (Å²) >= 11 is 0. The quantitative estimate of drug-likeness (QED) is 0.485. The Bertz CT molecular complexity index is 721. The molecule has 1 aliphatic heterocycles. The number of halogens is 1. The van der Waals surface area contributed by atoms with Gasteiger partial charge in [0.15, 0.2) is 12.2 Å². The van der Waals surface area contributed by atoms with Gasteiger partial charge in [-0.25, -0.2) is 4.39 Å². The van der Waals surface area contributed by atoms with Crippen LogP contribution in [0.2, 0.25) is 0 Å². The number of carbonyl (C=O) groups excluding carboxylic acids is 3. The number of alkyl halides is 1. The predicted octanol–water partition coefficient (Wildman–Crippen LogP) is 1.56. The van der Waals surface area contributed by atoms with Crippen molar-refractivity contribution < 1.29 is 47.2 Å². The maximum atomic E-state index is 15.1. The monoisotopic (exact) mass is 414 g/mol. The van der Waals surface area contributed by atoms with Crippen molar-refractivity contribution in [3.8, 4) is 11.5 Å². The van der Waals surface area contributed by atoms with Gasteiger partial charge in [-0.15, -0.1) is 0 Å². The number of rotatable bonds is 7. The number of methoxy groups -OCH3 is 1. The van der Waals surface area contributed by atoms with Crippen LogP contribution in [0, 0.1) is 0 Å². The van der Waals surface area contributed by atoms with E-state index in [2.05, 4.69) is 0 Å². The van der Waals surface area contributed by atoms with Gasteiger partial charge in [0.2, 0.25) is 12.5 Å². The molecule has 0 bridgehead atoms. The van der Waals surface area contributed by atoms with Gasteiger partial charge in [-0.1, -0.05) is 0 Å². The second-order valence-corrected chi connectivity index (χ2v) is 6.23. The van der Waals surface area contributed by atoms with Gasteiger partial charge < -0.3 is 28.4 Å². The molecule has 1 heterocycles. The van der Waals surface area contributed by atoms with Gasteiger partial charge in [-0.2, -0.15) is 0 Å². The van der Waals surface area contributed by atoms with E-state index in [1.165, 1.54) is 26.2 Å². The van der Waals surface area contributed by atoms with Crippen molar-refractivity contribution in [3.63, 3.8) is 0 Å². The van der Waals surface area contributed by atoms with Crippen molar-refractivity contribution in [2.24, 2.45) is 0 Å². The van der Waals surface area contributed by atoms with E-state index in [1.54, 1.807) is 12.1 Å². The zero-order chi connectivity index (χ0) is 21.6. The minimum Gasteiger partial charge on any atom is -0.497 e. The lowest BCUT2D eigenvalue weighted by Gasteiger charge is -2.41. The summed E-state index contributed by atoms with van der Waals surface area (Å²) in [4.78, 5) is 34.1. The molecular formula is C19H23FO9. The molecule has 0 amide bonds. The molecule has 1 aromatic rings. The summed E-state index contributed by atoms with van der Waals surface area (Å²) < 4.78 is 46.4. The summed E-state index contributed by atoms with van der Waals surface area (Å²) in [6.07, 6.45) is -7.48. The molecule has 1 fully saturated rings. The lowest BCUT2D eigenvalue weighted by Crippen LogP contribution is -2.61. The maximum absolute atomic E-state index is 15.1. The van der Waals surface area contributed by atoms with E-state index in [0.717, 1.165) is 13.8 Å². The van der Waals surface area contributed by atoms with Crippen LogP contribution in [0.4, 0.5) is 4.39 Å². The number of carbonyl (C=O) groups is 3. The molecule has 0 N–H and O–H groups in total. The minimum atomic E-state index is -1.99. The van der Waals surface area contributed by atoms with Gasteiger partial charge >= 0.3 is 17.9 Å². The third-order valence-corrected chi connectivity index (χ3v) is 3.94. The molecule has 1 saturated heterocycles. The summed E-state index contributed by atoms with van der Waals surface area (Å²) in [5.74, 6) is -1.32. The Morgan fingerprint density at radius 1 is 0.931 bits per heavy atom.